The summed E-state index contributed by atoms with van der Waals surface area (Å²) in [5.41, 5.74) is 2.36. The van der Waals surface area contributed by atoms with E-state index >= 15 is 0 Å². The summed E-state index contributed by atoms with van der Waals surface area (Å²) in [6.45, 7) is 2.08. The molecular formula is C21H25F2IN4O. The second kappa shape index (κ2) is 11.1. The quantitative estimate of drug-likeness (QED) is 0.352. The van der Waals surface area contributed by atoms with Gasteiger partial charge in [-0.15, -0.1) is 24.0 Å². The van der Waals surface area contributed by atoms with Gasteiger partial charge in [-0.05, 0) is 35.7 Å². The number of aliphatic imine (C=N–C) groups is 1. The zero-order chi connectivity index (χ0) is 19.9. The highest BCUT2D eigenvalue weighted by atomic mass is 127. The Bertz CT molecular complexity index is 876. The van der Waals surface area contributed by atoms with E-state index in [0.29, 0.717) is 25.5 Å². The van der Waals surface area contributed by atoms with Crippen LogP contribution in [0.25, 0.3) is 0 Å². The van der Waals surface area contributed by atoms with Gasteiger partial charge < -0.3 is 15.5 Å². The second-order valence-electron chi connectivity index (χ2n) is 6.75. The molecular weight excluding hydrogens is 489 g/mol. The molecule has 5 nitrogen and oxygen atoms in total. The highest BCUT2D eigenvalue weighted by Gasteiger charge is 2.19. The van der Waals surface area contributed by atoms with Crippen molar-refractivity contribution < 1.29 is 13.6 Å². The minimum absolute atomic E-state index is 0. The topological polar surface area (TPSA) is 56.7 Å². The fourth-order valence-electron chi connectivity index (χ4n) is 3.19. The number of halogens is 3. The Balaban J connectivity index is 0.00000300. The Morgan fingerprint density at radius 1 is 1.10 bits per heavy atom. The number of hydrogen-bond donors (Lipinski definition) is 2. The predicted octanol–water partition coefficient (Wildman–Crippen LogP) is 3.57. The van der Waals surface area contributed by atoms with Gasteiger partial charge in [0.05, 0.1) is 0 Å². The first-order valence-corrected chi connectivity index (χ1v) is 9.29. The summed E-state index contributed by atoms with van der Waals surface area (Å²) in [6, 6.07) is 11.4. The molecule has 8 heteroatoms. The van der Waals surface area contributed by atoms with E-state index in [2.05, 4.69) is 21.7 Å². The SMILES string of the molecule is CN=C(NCc1cccc(CN2CCCC2=O)c1)NCc1cc(F)ccc1F.I. The molecule has 29 heavy (non-hydrogen) atoms. The van der Waals surface area contributed by atoms with Crippen LogP contribution in [0.3, 0.4) is 0 Å². The van der Waals surface area contributed by atoms with Crippen molar-refractivity contribution in [1.82, 2.24) is 15.5 Å². The van der Waals surface area contributed by atoms with E-state index in [-0.39, 0.29) is 42.0 Å². The molecule has 1 saturated heterocycles. The first-order valence-electron chi connectivity index (χ1n) is 9.29. The number of guanidine groups is 1. The van der Waals surface area contributed by atoms with Crippen LogP contribution < -0.4 is 10.6 Å². The highest BCUT2D eigenvalue weighted by molar-refractivity contribution is 14.0. The maximum absolute atomic E-state index is 13.7. The van der Waals surface area contributed by atoms with Gasteiger partial charge >= 0.3 is 0 Å². The van der Waals surface area contributed by atoms with Crippen molar-refractivity contribution in [3.8, 4) is 0 Å². The van der Waals surface area contributed by atoms with Gasteiger partial charge in [-0.2, -0.15) is 0 Å². The molecule has 1 aliphatic heterocycles. The van der Waals surface area contributed by atoms with E-state index in [1.54, 1.807) is 7.05 Å². The minimum Gasteiger partial charge on any atom is -0.352 e. The molecule has 2 N–H and O–H groups in total. The molecule has 156 valence electrons. The molecule has 1 amide bonds. The number of nitrogens with zero attached hydrogens (tertiary/aromatic N) is 2. The maximum Gasteiger partial charge on any atom is 0.222 e. The molecule has 0 aromatic heterocycles. The first kappa shape index (κ1) is 23.1. The monoisotopic (exact) mass is 514 g/mol. The van der Waals surface area contributed by atoms with E-state index in [9.17, 15) is 13.6 Å². The number of carbonyl (C=O) groups is 1. The van der Waals surface area contributed by atoms with Gasteiger partial charge in [-0.3, -0.25) is 9.79 Å². The van der Waals surface area contributed by atoms with Crippen molar-refractivity contribution in [2.24, 2.45) is 4.99 Å². The van der Waals surface area contributed by atoms with Crippen molar-refractivity contribution in [2.45, 2.75) is 32.5 Å². The second-order valence-corrected chi connectivity index (χ2v) is 6.75. The van der Waals surface area contributed by atoms with Crippen molar-refractivity contribution in [3.63, 3.8) is 0 Å². The molecule has 0 bridgehead atoms. The fourth-order valence-corrected chi connectivity index (χ4v) is 3.19. The lowest BCUT2D eigenvalue weighted by Crippen LogP contribution is -2.36. The van der Waals surface area contributed by atoms with Crippen LogP contribution in [0.15, 0.2) is 47.5 Å². The fraction of sp³-hybridized carbons (Fsp3) is 0.333. The smallest absolute Gasteiger partial charge is 0.222 e. The van der Waals surface area contributed by atoms with Gasteiger partial charge in [0.15, 0.2) is 5.96 Å². The van der Waals surface area contributed by atoms with E-state index in [0.717, 1.165) is 36.2 Å². The Morgan fingerprint density at radius 2 is 1.86 bits per heavy atom. The molecule has 0 radical (unpaired) electrons. The van der Waals surface area contributed by atoms with Crippen LogP contribution in [-0.2, 0) is 24.4 Å². The van der Waals surface area contributed by atoms with E-state index in [1.807, 2.05) is 23.1 Å². The van der Waals surface area contributed by atoms with Gasteiger partial charge in [-0.25, -0.2) is 8.78 Å². The molecule has 0 atom stereocenters. The maximum atomic E-state index is 13.7. The van der Waals surface area contributed by atoms with Crippen molar-refractivity contribution >= 4 is 35.8 Å². The predicted molar refractivity (Wildman–Crippen MR) is 120 cm³/mol. The molecule has 3 rings (SSSR count). The third-order valence-electron chi connectivity index (χ3n) is 4.67. The van der Waals surface area contributed by atoms with Gasteiger partial charge in [0.1, 0.15) is 11.6 Å². The number of benzene rings is 2. The van der Waals surface area contributed by atoms with E-state index in [4.69, 9.17) is 0 Å². The summed E-state index contributed by atoms with van der Waals surface area (Å²) >= 11 is 0. The summed E-state index contributed by atoms with van der Waals surface area (Å²) in [7, 11) is 1.62. The third kappa shape index (κ3) is 6.66. The number of hydrogen-bond acceptors (Lipinski definition) is 2. The van der Waals surface area contributed by atoms with Gasteiger partial charge in [0, 0.05) is 45.2 Å². The van der Waals surface area contributed by atoms with E-state index in [1.165, 1.54) is 6.07 Å². The molecule has 0 saturated carbocycles. The van der Waals surface area contributed by atoms with Gasteiger partial charge in [-0.1, -0.05) is 24.3 Å². The molecule has 0 aliphatic carbocycles. The molecule has 0 unspecified atom stereocenters. The zero-order valence-electron chi connectivity index (χ0n) is 16.3. The molecule has 1 aliphatic rings. The van der Waals surface area contributed by atoms with Crippen LogP contribution >= 0.6 is 24.0 Å². The van der Waals surface area contributed by atoms with Crippen LogP contribution in [0.2, 0.25) is 0 Å². The van der Waals surface area contributed by atoms with Gasteiger partial charge in [0.25, 0.3) is 0 Å². The van der Waals surface area contributed by atoms with Crippen molar-refractivity contribution in [2.75, 3.05) is 13.6 Å². The zero-order valence-corrected chi connectivity index (χ0v) is 18.6. The lowest BCUT2D eigenvalue weighted by molar-refractivity contribution is -0.128. The van der Waals surface area contributed by atoms with Crippen molar-refractivity contribution in [1.29, 1.82) is 0 Å². The normalized spacial score (nSPS) is 14.0. The lowest BCUT2D eigenvalue weighted by atomic mass is 10.1. The number of nitrogens with one attached hydrogen (secondary N) is 2. The summed E-state index contributed by atoms with van der Waals surface area (Å²) in [6.07, 6.45) is 1.56. The molecule has 1 heterocycles. The highest BCUT2D eigenvalue weighted by Crippen LogP contribution is 2.15. The lowest BCUT2D eigenvalue weighted by Gasteiger charge is -2.16. The van der Waals surface area contributed by atoms with Crippen LogP contribution in [0.5, 0.6) is 0 Å². The van der Waals surface area contributed by atoms with Crippen LogP contribution in [0.1, 0.15) is 29.5 Å². The van der Waals surface area contributed by atoms with E-state index < -0.39 is 11.6 Å². The Morgan fingerprint density at radius 3 is 2.59 bits per heavy atom. The Kier molecular flexibility index (Phi) is 8.81. The molecule has 1 fully saturated rings. The molecule has 0 spiro atoms. The largest absolute Gasteiger partial charge is 0.352 e. The van der Waals surface area contributed by atoms with Crippen LogP contribution in [0.4, 0.5) is 8.78 Å². The molecule has 2 aromatic carbocycles. The first-order chi connectivity index (χ1) is 13.5. The number of rotatable bonds is 6. The van der Waals surface area contributed by atoms with Crippen molar-refractivity contribution in [3.05, 3.63) is 70.8 Å². The average molecular weight is 514 g/mol. The average Bonchev–Trinajstić information content (AvgIpc) is 3.09. The number of amides is 1. The van der Waals surface area contributed by atoms with Gasteiger partial charge in [0.2, 0.25) is 5.91 Å². The minimum atomic E-state index is -0.477. The summed E-state index contributed by atoms with van der Waals surface area (Å²) in [4.78, 5) is 17.8. The van der Waals surface area contributed by atoms with Crippen LogP contribution in [0, 0.1) is 11.6 Å². The number of likely N-dealkylation sites (tertiary alicyclic amines) is 1. The Hall–Kier alpha value is -2.23. The number of carbonyl (C=O) groups excluding carboxylic acids is 1. The summed E-state index contributed by atoms with van der Waals surface area (Å²) in [5, 5.41) is 6.14. The third-order valence-corrected chi connectivity index (χ3v) is 4.67. The Labute approximate surface area is 186 Å². The summed E-state index contributed by atoms with van der Waals surface area (Å²) in [5.74, 6) is -0.246. The molecule has 2 aromatic rings. The summed E-state index contributed by atoms with van der Waals surface area (Å²) < 4.78 is 27.0. The standard InChI is InChI=1S/C21H24F2N4O.HI/c1-24-21(26-13-17-11-18(22)7-8-19(17)23)25-12-15-4-2-5-16(10-15)14-27-9-3-6-20(27)28;/h2,4-5,7-8,10-11H,3,6,9,12-14H2,1H3,(H2,24,25,26);1H. The van der Waals surface area contributed by atoms with Crippen LogP contribution in [-0.4, -0.2) is 30.4 Å².